The molecular weight excluding hydrogens is 388 g/mol. The third-order valence-electron chi connectivity index (χ3n) is 9.64. The zero-order chi connectivity index (χ0) is 23.3. The Hall–Kier alpha value is -2.36. The first-order valence-electron chi connectivity index (χ1n) is 11.3. The van der Waals surface area contributed by atoms with Gasteiger partial charge in [-0.1, -0.05) is 55.4 Å². The van der Waals surface area contributed by atoms with Crippen LogP contribution in [-0.4, -0.2) is 20.4 Å². The van der Waals surface area contributed by atoms with Gasteiger partial charge in [0, 0.05) is 34.1 Å². The Morgan fingerprint density at radius 2 is 1.13 bits per heavy atom. The number of benzene rings is 2. The second-order valence-corrected chi connectivity index (χ2v) is 11.4. The number of phenols is 4. The fraction of sp³-hybridized carbons (Fsp3) is 0.556. The molecule has 4 N–H and O–H groups in total. The van der Waals surface area contributed by atoms with Crippen LogP contribution in [-0.2, 0) is 16.2 Å². The van der Waals surface area contributed by atoms with Gasteiger partial charge in [0.1, 0.15) is 23.0 Å². The van der Waals surface area contributed by atoms with E-state index in [1.807, 2.05) is 0 Å². The summed E-state index contributed by atoms with van der Waals surface area (Å²) in [4.78, 5) is 0. The van der Waals surface area contributed by atoms with Crippen molar-refractivity contribution in [3.63, 3.8) is 0 Å². The Morgan fingerprint density at radius 3 is 1.58 bits per heavy atom. The molecule has 0 radical (unpaired) electrons. The van der Waals surface area contributed by atoms with Crippen LogP contribution in [0.5, 0.6) is 23.0 Å². The molecule has 0 aliphatic heterocycles. The molecular formula is C27H36O4. The predicted octanol–water partition coefficient (Wildman–Crippen LogP) is 6.07. The lowest BCUT2D eigenvalue weighted by Gasteiger charge is -2.51. The molecule has 0 saturated heterocycles. The Labute approximate surface area is 185 Å². The van der Waals surface area contributed by atoms with Crippen molar-refractivity contribution in [3.05, 3.63) is 46.5 Å². The summed E-state index contributed by atoms with van der Waals surface area (Å²) in [6.07, 6.45) is 0.717. The molecule has 4 rings (SSSR count). The van der Waals surface area contributed by atoms with Gasteiger partial charge in [-0.15, -0.1) is 0 Å². The van der Waals surface area contributed by atoms with E-state index in [1.54, 1.807) is 12.1 Å². The maximum atomic E-state index is 11.1. The van der Waals surface area contributed by atoms with E-state index in [1.165, 1.54) is 12.1 Å². The van der Waals surface area contributed by atoms with Gasteiger partial charge in [0.15, 0.2) is 0 Å². The van der Waals surface area contributed by atoms with Gasteiger partial charge >= 0.3 is 0 Å². The highest BCUT2D eigenvalue weighted by molar-refractivity contribution is 5.69. The van der Waals surface area contributed by atoms with E-state index in [2.05, 4.69) is 55.4 Å². The van der Waals surface area contributed by atoms with Crippen molar-refractivity contribution >= 4 is 0 Å². The van der Waals surface area contributed by atoms with Crippen LogP contribution < -0.4 is 0 Å². The van der Waals surface area contributed by atoms with Gasteiger partial charge in [-0.3, -0.25) is 0 Å². The molecule has 31 heavy (non-hydrogen) atoms. The summed E-state index contributed by atoms with van der Waals surface area (Å²) in [6.45, 7) is 17.5. The summed E-state index contributed by atoms with van der Waals surface area (Å²) in [6, 6.07) is 6.46. The van der Waals surface area contributed by atoms with E-state index in [-0.39, 0.29) is 45.7 Å². The minimum atomic E-state index is -0.595. The lowest BCUT2D eigenvalue weighted by molar-refractivity contribution is 0.0627. The van der Waals surface area contributed by atoms with Crippen molar-refractivity contribution in [1.29, 1.82) is 0 Å². The number of hydrogen-bond acceptors (Lipinski definition) is 4. The monoisotopic (exact) mass is 424 g/mol. The third kappa shape index (κ3) is 2.26. The second-order valence-electron chi connectivity index (χ2n) is 11.4. The van der Waals surface area contributed by atoms with Crippen molar-refractivity contribution in [2.24, 2.45) is 17.3 Å². The average molecular weight is 425 g/mol. The number of hydrogen-bond donors (Lipinski definition) is 4. The summed E-state index contributed by atoms with van der Waals surface area (Å²) < 4.78 is 0. The van der Waals surface area contributed by atoms with E-state index < -0.39 is 10.8 Å². The Kier molecular flexibility index (Phi) is 4.31. The van der Waals surface area contributed by atoms with Gasteiger partial charge in [-0.25, -0.2) is 0 Å². The molecule has 2 aliphatic rings. The molecule has 0 bridgehead atoms. The summed E-state index contributed by atoms with van der Waals surface area (Å²) >= 11 is 0. The van der Waals surface area contributed by atoms with Crippen molar-refractivity contribution in [2.75, 3.05) is 0 Å². The molecule has 0 fully saturated rings. The molecule has 4 heteroatoms. The van der Waals surface area contributed by atoms with Gasteiger partial charge in [0.05, 0.1) is 0 Å². The van der Waals surface area contributed by atoms with Crippen LogP contribution in [0.15, 0.2) is 24.3 Å². The van der Waals surface area contributed by atoms with Gasteiger partial charge in [0.25, 0.3) is 0 Å². The Morgan fingerprint density at radius 1 is 0.677 bits per heavy atom. The minimum absolute atomic E-state index is 0.0310. The topological polar surface area (TPSA) is 80.9 Å². The van der Waals surface area contributed by atoms with Crippen LogP contribution in [0, 0.1) is 17.3 Å². The molecule has 0 aromatic heterocycles. The van der Waals surface area contributed by atoms with E-state index in [0.29, 0.717) is 0 Å². The van der Waals surface area contributed by atoms with E-state index in [9.17, 15) is 20.4 Å². The highest BCUT2D eigenvalue weighted by Crippen LogP contribution is 2.75. The maximum Gasteiger partial charge on any atom is 0.123 e. The van der Waals surface area contributed by atoms with Gasteiger partial charge in [0.2, 0.25) is 0 Å². The Bertz CT molecular complexity index is 1070. The molecule has 3 unspecified atom stereocenters. The molecule has 2 aromatic carbocycles. The van der Waals surface area contributed by atoms with Crippen LogP contribution in [0.1, 0.15) is 84.1 Å². The van der Waals surface area contributed by atoms with E-state index >= 15 is 0 Å². The highest BCUT2D eigenvalue weighted by atomic mass is 16.3. The fourth-order valence-corrected chi connectivity index (χ4v) is 7.17. The first-order valence-corrected chi connectivity index (χ1v) is 11.3. The molecule has 2 aromatic rings. The molecule has 4 nitrogen and oxygen atoms in total. The Balaban J connectivity index is 2.24. The average Bonchev–Trinajstić information content (AvgIpc) is 2.98. The van der Waals surface area contributed by atoms with Crippen LogP contribution >= 0.6 is 0 Å². The van der Waals surface area contributed by atoms with E-state index in [0.717, 1.165) is 28.7 Å². The highest BCUT2D eigenvalue weighted by Gasteiger charge is 2.70. The number of fused-ring (bicyclic) bond motifs is 4. The smallest absolute Gasteiger partial charge is 0.123 e. The van der Waals surface area contributed by atoms with Crippen LogP contribution in [0.2, 0.25) is 0 Å². The minimum Gasteiger partial charge on any atom is -0.508 e. The van der Waals surface area contributed by atoms with Crippen LogP contribution in [0.25, 0.3) is 0 Å². The summed E-state index contributed by atoms with van der Waals surface area (Å²) in [5.74, 6) is 0.726. The molecule has 0 heterocycles. The van der Waals surface area contributed by atoms with Crippen LogP contribution in [0.3, 0.4) is 0 Å². The van der Waals surface area contributed by atoms with Crippen LogP contribution in [0.4, 0.5) is 0 Å². The van der Waals surface area contributed by atoms with Crippen molar-refractivity contribution in [1.82, 2.24) is 0 Å². The molecule has 2 aliphatic carbocycles. The van der Waals surface area contributed by atoms with E-state index in [4.69, 9.17) is 0 Å². The molecule has 3 atom stereocenters. The summed E-state index contributed by atoms with van der Waals surface area (Å²) in [7, 11) is 0. The maximum absolute atomic E-state index is 11.1. The largest absolute Gasteiger partial charge is 0.508 e. The normalized spacial score (nSPS) is 30.9. The molecule has 1 spiro atoms. The fourth-order valence-electron chi connectivity index (χ4n) is 7.17. The first kappa shape index (κ1) is 21.9. The lowest BCUT2D eigenvalue weighted by atomic mass is 9.51. The second kappa shape index (κ2) is 6.11. The standard InChI is InChI=1S/C27H36O4/c1-14(2)25(7)13-27(18-9-16(28)11-20(30)22(18)25)19-10-17(29)12-21(31)23(19)26(8,15(3)4)24(27,5)6/h9-12,14-15,28-31H,13H2,1-8H3. The van der Waals surface area contributed by atoms with Crippen molar-refractivity contribution in [2.45, 2.75) is 78.1 Å². The lowest BCUT2D eigenvalue weighted by Crippen LogP contribution is -2.50. The molecule has 168 valence electrons. The number of aromatic hydroxyl groups is 4. The quantitative estimate of drug-likeness (QED) is 0.472. The van der Waals surface area contributed by atoms with Crippen molar-refractivity contribution in [3.8, 4) is 23.0 Å². The van der Waals surface area contributed by atoms with Gasteiger partial charge in [-0.05, 0) is 52.3 Å². The van der Waals surface area contributed by atoms with Gasteiger partial charge in [-0.2, -0.15) is 0 Å². The predicted molar refractivity (Wildman–Crippen MR) is 123 cm³/mol. The molecule has 0 amide bonds. The third-order valence-corrected chi connectivity index (χ3v) is 9.64. The first-order chi connectivity index (χ1) is 14.2. The molecule has 0 saturated carbocycles. The number of phenolic OH excluding ortho intramolecular Hbond substituents is 4. The SMILES string of the molecule is CC(C)C1(C)CC2(c3cc(O)cc(O)c31)c1cc(O)cc(O)c1C(C)(C(C)C)C2(C)C. The van der Waals surface area contributed by atoms with Crippen molar-refractivity contribution < 1.29 is 20.4 Å². The zero-order valence-corrected chi connectivity index (χ0v) is 20.0. The summed E-state index contributed by atoms with van der Waals surface area (Å²) in [5, 5.41) is 43.2. The zero-order valence-electron chi connectivity index (χ0n) is 20.0. The number of rotatable bonds is 2. The summed E-state index contributed by atoms with van der Waals surface area (Å²) in [5.41, 5.74) is 1.82. The van der Waals surface area contributed by atoms with Gasteiger partial charge < -0.3 is 20.4 Å².